The van der Waals surface area contributed by atoms with Gasteiger partial charge in [0, 0.05) is 37.9 Å². The molecular weight excluding hydrogens is 306 g/mol. The number of primary amides is 1. The van der Waals surface area contributed by atoms with Crippen molar-refractivity contribution in [2.75, 3.05) is 31.1 Å². The zero-order valence-electron chi connectivity index (χ0n) is 14.5. The Morgan fingerprint density at radius 1 is 1.08 bits per heavy atom. The first-order chi connectivity index (χ1) is 11.2. The Balaban J connectivity index is 1.90. The molecule has 0 bridgehead atoms. The van der Waals surface area contributed by atoms with Crippen molar-refractivity contribution in [2.45, 2.75) is 26.4 Å². The van der Waals surface area contributed by atoms with Gasteiger partial charge in [0.1, 0.15) is 5.60 Å². The van der Waals surface area contributed by atoms with Crippen LogP contribution in [0.3, 0.4) is 0 Å². The monoisotopic (exact) mass is 331 g/mol. The highest BCUT2D eigenvalue weighted by Gasteiger charge is 2.25. The molecule has 0 aromatic heterocycles. The van der Waals surface area contributed by atoms with Gasteiger partial charge < -0.3 is 20.3 Å². The summed E-state index contributed by atoms with van der Waals surface area (Å²) in [4.78, 5) is 26.8. The second-order valence-corrected chi connectivity index (χ2v) is 6.78. The molecule has 24 heavy (non-hydrogen) atoms. The van der Waals surface area contributed by atoms with Gasteiger partial charge in [-0.25, -0.2) is 4.79 Å². The van der Waals surface area contributed by atoms with Crippen LogP contribution in [0.4, 0.5) is 10.5 Å². The van der Waals surface area contributed by atoms with Crippen LogP contribution in [0, 0.1) is 0 Å². The molecule has 2 amide bonds. The van der Waals surface area contributed by atoms with Gasteiger partial charge in [-0.05, 0) is 44.5 Å². The molecule has 1 aliphatic heterocycles. The van der Waals surface area contributed by atoms with E-state index in [1.165, 1.54) is 6.08 Å². The molecule has 0 spiro atoms. The Bertz CT molecular complexity index is 609. The van der Waals surface area contributed by atoms with Crippen molar-refractivity contribution in [3.05, 3.63) is 35.9 Å². The van der Waals surface area contributed by atoms with Crippen molar-refractivity contribution in [2.24, 2.45) is 5.73 Å². The van der Waals surface area contributed by atoms with Crippen molar-refractivity contribution < 1.29 is 14.3 Å². The van der Waals surface area contributed by atoms with Gasteiger partial charge in [-0.15, -0.1) is 0 Å². The van der Waals surface area contributed by atoms with Gasteiger partial charge in [-0.1, -0.05) is 12.1 Å². The standard InChI is InChI=1S/C18H25N3O3/c1-18(2,3)24-17(23)21-12-10-20(11-13-21)15-7-4-14(5-8-15)6-9-16(19)22/h4-9H,10-13H2,1-3H3,(H2,19,22)/b9-6-. The largest absolute Gasteiger partial charge is 0.444 e. The summed E-state index contributed by atoms with van der Waals surface area (Å²) in [7, 11) is 0. The van der Waals surface area contributed by atoms with Crippen molar-refractivity contribution in [1.82, 2.24) is 4.90 Å². The molecule has 0 unspecified atom stereocenters. The van der Waals surface area contributed by atoms with Crippen molar-refractivity contribution >= 4 is 23.8 Å². The Hall–Kier alpha value is -2.50. The van der Waals surface area contributed by atoms with Crippen LogP contribution in [0.15, 0.2) is 30.3 Å². The Kier molecular flexibility index (Phi) is 5.49. The van der Waals surface area contributed by atoms with Gasteiger partial charge in [0.2, 0.25) is 5.91 Å². The second kappa shape index (κ2) is 7.38. The molecule has 1 aliphatic rings. The summed E-state index contributed by atoms with van der Waals surface area (Å²) in [5.41, 5.74) is 6.63. The minimum absolute atomic E-state index is 0.255. The van der Waals surface area contributed by atoms with Gasteiger partial charge >= 0.3 is 6.09 Å². The predicted molar refractivity (Wildman–Crippen MR) is 94.7 cm³/mol. The lowest BCUT2D eigenvalue weighted by atomic mass is 10.1. The predicted octanol–water partition coefficient (Wildman–Crippen LogP) is 2.24. The first-order valence-electron chi connectivity index (χ1n) is 8.05. The van der Waals surface area contributed by atoms with Crippen molar-refractivity contribution in [1.29, 1.82) is 0 Å². The number of nitrogens with two attached hydrogens (primary N) is 1. The third-order valence-corrected chi connectivity index (χ3v) is 3.63. The number of piperazine rings is 1. The third-order valence-electron chi connectivity index (χ3n) is 3.63. The number of carbonyl (C=O) groups is 2. The number of carbonyl (C=O) groups excluding carboxylic acids is 2. The molecule has 0 radical (unpaired) electrons. The first-order valence-corrected chi connectivity index (χ1v) is 8.05. The SMILES string of the molecule is CC(C)(C)OC(=O)N1CCN(c2ccc(/C=C\C(N)=O)cc2)CC1. The summed E-state index contributed by atoms with van der Waals surface area (Å²) in [5, 5.41) is 0. The van der Waals surface area contributed by atoms with Crippen LogP contribution in [0.1, 0.15) is 26.3 Å². The van der Waals surface area contributed by atoms with Crippen LogP contribution in [-0.4, -0.2) is 48.7 Å². The van der Waals surface area contributed by atoms with Gasteiger partial charge in [0.25, 0.3) is 0 Å². The van der Waals surface area contributed by atoms with E-state index in [4.69, 9.17) is 10.5 Å². The molecule has 6 nitrogen and oxygen atoms in total. The van der Waals surface area contributed by atoms with E-state index in [2.05, 4.69) is 4.90 Å². The summed E-state index contributed by atoms with van der Waals surface area (Å²) in [6.45, 7) is 8.40. The maximum atomic E-state index is 12.1. The molecule has 1 saturated heterocycles. The number of hydrogen-bond donors (Lipinski definition) is 1. The number of anilines is 1. The molecular formula is C18H25N3O3. The fourth-order valence-electron chi connectivity index (χ4n) is 2.45. The van der Waals surface area contributed by atoms with E-state index >= 15 is 0 Å². The second-order valence-electron chi connectivity index (χ2n) is 6.78. The molecule has 1 aromatic rings. The van der Waals surface area contributed by atoms with E-state index < -0.39 is 11.5 Å². The number of hydrogen-bond acceptors (Lipinski definition) is 4. The summed E-state index contributed by atoms with van der Waals surface area (Å²) >= 11 is 0. The number of benzene rings is 1. The van der Waals surface area contributed by atoms with Crippen LogP contribution in [0.25, 0.3) is 6.08 Å². The topological polar surface area (TPSA) is 75.9 Å². The molecule has 0 aliphatic carbocycles. The fourth-order valence-corrected chi connectivity index (χ4v) is 2.45. The van der Waals surface area contributed by atoms with E-state index in [9.17, 15) is 9.59 Å². The van der Waals surface area contributed by atoms with E-state index in [0.717, 1.165) is 24.3 Å². The van der Waals surface area contributed by atoms with Crippen LogP contribution in [0.2, 0.25) is 0 Å². The molecule has 0 atom stereocenters. The number of rotatable bonds is 3. The van der Waals surface area contributed by atoms with E-state index in [1.807, 2.05) is 45.0 Å². The number of ether oxygens (including phenoxy) is 1. The lowest BCUT2D eigenvalue weighted by Gasteiger charge is -2.36. The van der Waals surface area contributed by atoms with E-state index in [-0.39, 0.29) is 6.09 Å². The Labute approximate surface area is 142 Å². The molecule has 0 saturated carbocycles. The van der Waals surface area contributed by atoms with Gasteiger partial charge in [0.05, 0.1) is 0 Å². The number of nitrogens with zero attached hydrogens (tertiary/aromatic N) is 2. The molecule has 130 valence electrons. The zero-order chi connectivity index (χ0) is 17.7. The summed E-state index contributed by atoms with van der Waals surface area (Å²) in [6, 6.07) is 7.89. The zero-order valence-corrected chi connectivity index (χ0v) is 14.5. The van der Waals surface area contributed by atoms with Gasteiger partial charge in [0.15, 0.2) is 0 Å². The Morgan fingerprint density at radius 2 is 1.67 bits per heavy atom. The highest BCUT2D eigenvalue weighted by atomic mass is 16.6. The summed E-state index contributed by atoms with van der Waals surface area (Å²) < 4.78 is 5.40. The normalized spacial score (nSPS) is 15.6. The average molecular weight is 331 g/mol. The molecule has 1 aromatic carbocycles. The highest BCUT2D eigenvalue weighted by molar-refractivity contribution is 5.90. The Morgan fingerprint density at radius 3 is 2.17 bits per heavy atom. The lowest BCUT2D eigenvalue weighted by molar-refractivity contribution is -0.113. The van der Waals surface area contributed by atoms with Gasteiger partial charge in [-0.3, -0.25) is 4.79 Å². The quantitative estimate of drug-likeness (QED) is 0.862. The minimum atomic E-state index is -0.470. The maximum absolute atomic E-state index is 12.1. The fraction of sp³-hybridized carbons (Fsp3) is 0.444. The molecule has 1 heterocycles. The van der Waals surface area contributed by atoms with Crippen molar-refractivity contribution in [3.63, 3.8) is 0 Å². The molecule has 6 heteroatoms. The minimum Gasteiger partial charge on any atom is -0.444 e. The van der Waals surface area contributed by atoms with Crippen LogP contribution in [-0.2, 0) is 9.53 Å². The molecule has 1 fully saturated rings. The lowest BCUT2D eigenvalue weighted by Crippen LogP contribution is -2.50. The van der Waals surface area contributed by atoms with Crippen molar-refractivity contribution in [3.8, 4) is 0 Å². The van der Waals surface area contributed by atoms with Crippen LogP contribution >= 0.6 is 0 Å². The van der Waals surface area contributed by atoms with Gasteiger partial charge in [-0.2, -0.15) is 0 Å². The molecule has 2 rings (SSSR count). The first kappa shape index (κ1) is 17.8. The van der Waals surface area contributed by atoms with Crippen LogP contribution < -0.4 is 10.6 Å². The average Bonchev–Trinajstić information content (AvgIpc) is 2.52. The summed E-state index contributed by atoms with van der Waals surface area (Å²) in [5.74, 6) is -0.461. The van der Waals surface area contributed by atoms with Crippen LogP contribution in [0.5, 0.6) is 0 Å². The smallest absolute Gasteiger partial charge is 0.410 e. The molecule has 2 N–H and O–H groups in total. The third kappa shape index (κ3) is 5.30. The highest BCUT2D eigenvalue weighted by Crippen LogP contribution is 2.19. The number of amides is 2. The van der Waals surface area contributed by atoms with E-state index in [0.29, 0.717) is 13.1 Å². The maximum Gasteiger partial charge on any atom is 0.410 e. The summed E-state index contributed by atoms with van der Waals surface area (Å²) in [6.07, 6.45) is 2.77. The van der Waals surface area contributed by atoms with E-state index in [1.54, 1.807) is 11.0 Å².